The van der Waals surface area contributed by atoms with Crippen molar-refractivity contribution in [3.63, 3.8) is 0 Å². The number of amides is 1. The van der Waals surface area contributed by atoms with Gasteiger partial charge in [0.15, 0.2) is 12.4 Å². The number of anilines is 1. The van der Waals surface area contributed by atoms with E-state index < -0.39 is 5.97 Å². The van der Waals surface area contributed by atoms with Gasteiger partial charge in [0.1, 0.15) is 0 Å². The summed E-state index contributed by atoms with van der Waals surface area (Å²) >= 11 is 0. The van der Waals surface area contributed by atoms with Crippen LogP contribution >= 0.6 is 0 Å². The van der Waals surface area contributed by atoms with Crippen molar-refractivity contribution in [2.45, 2.75) is 20.3 Å². The Hall–Kier alpha value is -3.02. The molecule has 1 N–H and O–H groups in total. The lowest BCUT2D eigenvalue weighted by Gasteiger charge is -2.06. The highest BCUT2D eigenvalue weighted by Crippen LogP contribution is 2.11. The van der Waals surface area contributed by atoms with Gasteiger partial charge >= 0.3 is 5.97 Å². The number of Topliss-reactive ketones (excluding diaryl/α,β-unsaturated/α-hetero) is 1. The van der Waals surface area contributed by atoms with Crippen molar-refractivity contribution >= 4 is 23.3 Å². The lowest BCUT2D eigenvalue weighted by molar-refractivity contribution is -0.115. The average Bonchev–Trinajstić information content (AvgIpc) is 2.60. The molecule has 0 saturated carbocycles. The van der Waals surface area contributed by atoms with E-state index in [4.69, 9.17) is 4.74 Å². The van der Waals surface area contributed by atoms with Gasteiger partial charge in [-0.25, -0.2) is 4.79 Å². The molecule has 0 fully saturated rings. The third-order valence-electron chi connectivity index (χ3n) is 3.29. The van der Waals surface area contributed by atoms with Crippen LogP contribution in [0.4, 0.5) is 5.69 Å². The molecule has 24 heavy (non-hydrogen) atoms. The highest BCUT2D eigenvalue weighted by atomic mass is 16.5. The summed E-state index contributed by atoms with van der Waals surface area (Å²) in [6, 6.07) is 9.71. The number of carbonyl (C=O) groups is 3. The van der Waals surface area contributed by atoms with Crippen molar-refractivity contribution in [3.05, 3.63) is 59.4 Å². The van der Waals surface area contributed by atoms with Crippen LogP contribution in [0.5, 0.6) is 0 Å². The van der Waals surface area contributed by atoms with E-state index in [2.05, 4.69) is 10.3 Å². The Labute approximate surface area is 139 Å². The highest BCUT2D eigenvalue weighted by Gasteiger charge is 2.12. The predicted molar refractivity (Wildman–Crippen MR) is 88.9 cm³/mol. The second-order valence-electron chi connectivity index (χ2n) is 5.17. The number of pyridine rings is 1. The van der Waals surface area contributed by atoms with E-state index in [1.165, 1.54) is 6.20 Å². The lowest BCUT2D eigenvalue weighted by atomic mass is 10.1. The van der Waals surface area contributed by atoms with Crippen LogP contribution in [-0.2, 0) is 9.53 Å². The third kappa shape index (κ3) is 4.74. The van der Waals surface area contributed by atoms with Crippen molar-refractivity contribution < 1.29 is 19.1 Å². The SMILES string of the molecule is CCC(=O)Nc1ccc(C(=O)COC(=O)c2ccc(C)nc2)cc1. The van der Waals surface area contributed by atoms with Gasteiger partial charge in [-0.15, -0.1) is 0 Å². The number of nitrogens with one attached hydrogen (secondary N) is 1. The summed E-state index contributed by atoms with van der Waals surface area (Å²) in [4.78, 5) is 39.2. The van der Waals surface area contributed by atoms with Gasteiger partial charge in [0.05, 0.1) is 5.56 Å². The predicted octanol–water partition coefficient (Wildman–Crippen LogP) is 2.78. The number of hydrogen-bond acceptors (Lipinski definition) is 5. The summed E-state index contributed by atoms with van der Waals surface area (Å²) in [5.41, 5.74) is 2.10. The van der Waals surface area contributed by atoms with Gasteiger partial charge in [0.2, 0.25) is 5.91 Å². The van der Waals surface area contributed by atoms with Crippen LogP contribution in [0.3, 0.4) is 0 Å². The van der Waals surface area contributed by atoms with Crippen molar-refractivity contribution in [3.8, 4) is 0 Å². The number of esters is 1. The summed E-state index contributed by atoms with van der Waals surface area (Å²) in [6.45, 7) is 3.21. The largest absolute Gasteiger partial charge is 0.454 e. The summed E-state index contributed by atoms with van der Waals surface area (Å²) in [5.74, 6) is -1.02. The van der Waals surface area contributed by atoms with E-state index in [1.807, 2.05) is 6.92 Å². The fraction of sp³-hybridized carbons (Fsp3) is 0.222. The normalized spacial score (nSPS) is 10.1. The molecule has 0 unspecified atom stereocenters. The van der Waals surface area contributed by atoms with E-state index in [0.717, 1.165) is 5.69 Å². The number of benzene rings is 1. The van der Waals surface area contributed by atoms with E-state index in [0.29, 0.717) is 23.2 Å². The van der Waals surface area contributed by atoms with Crippen LogP contribution in [0.2, 0.25) is 0 Å². The van der Waals surface area contributed by atoms with Gasteiger partial charge in [-0.2, -0.15) is 0 Å². The first kappa shape index (κ1) is 17.3. The maximum Gasteiger partial charge on any atom is 0.340 e. The Balaban J connectivity index is 1.91. The van der Waals surface area contributed by atoms with Gasteiger partial charge in [-0.3, -0.25) is 14.6 Å². The molecule has 1 heterocycles. The molecular formula is C18H18N2O4. The number of aromatic nitrogens is 1. The van der Waals surface area contributed by atoms with Gasteiger partial charge in [-0.1, -0.05) is 6.92 Å². The number of hydrogen-bond donors (Lipinski definition) is 1. The van der Waals surface area contributed by atoms with Crippen LogP contribution < -0.4 is 5.32 Å². The molecule has 1 aromatic heterocycles. The summed E-state index contributed by atoms with van der Waals surface area (Å²) in [5, 5.41) is 2.69. The molecule has 0 aliphatic rings. The molecule has 0 bridgehead atoms. The van der Waals surface area contributed by atoms with Crippen molar-refractivity contribution in [1.29, 1.82) is 0 Å². The van der Waals surface area contributed by atoms with Crippen LogP contribution in [0.25, 0.3) is 0 Å². The molecule has 6 nitrogen and oxygen atoms in total. The van der Waals surface area contributed by atoms with Crippen molar-refractivity contribution in [2.75, 3.05) is 11.9 Å². The number of rotatable bonds is 6. The standard InChI is InChI=1S/C18H18N2O4/c1-3-17(22)20-15-8-6-13(7-9-15)16(21)11-24-18(23)14-5-4-12(2)19-10-14/h4-10H,3,11H2,1-2H3,(H,20,22). The summed E-state index contributed by atoms with van der Waals surface area (Å²) in [7, 11) is 0. The Morgan fingerprint density at radius 3 is 2.29 bits per heavy atom. The number of nitrogens with zero attached hydrogens (tertiary/aromatic N) is 1. The van der Waals surface area contributed by atoms with Crippen LogP contribution in [0.15, 0.2) is 42.6 Å². The Kier molecular flexibility index (Phi) is 5.78. The van der Waals surface area contributed by atoms with Gasteiger partial charge in [-0.05, 0) is 43.3 Å². The zero-order chi connectivity index (χ0) is 17.5. The molecule has 0 radical (unpaired) electrons. The fourth-order valence-corrected chi connectivity index (χ4v) is 1.88. The minimum Gasteiger partial charge on any atom is -0.454 e. The Morgan fingerprint density at radius 1 is 1.04 bits per heavy atom. The van der Waals surface area contributed by atoms with Gasteiger partial charge in [0.25, 0.3) is 0 Å². The third-order valence-corrected chi connectivity index (χ3v) is 3.29. The van der Waals surface area contributed by atoms with Crippen LogP contribution in [0, 0.1) is 6.92 Å². The molecule has 2 rings (SSSR count). The van der Waals surface area contributed by atoms with Gasteiger partial charge in [0, 0.05) is 29.6 Å². The molecular weight excluding hydrogens is 308 g/mol. The zero-order valence-corrected chi connectivity index (χ0v) is 13.5. The Bertz CT molecular complexity index is 737. The molecule has 2 aromatic rings. The van der Waals surface area contributed by atoms with Crippen molar-refractivity contribution in [2.24, 2.45) is 0 Å². The number of aryl methyl sites for hydroxylation is 1. The minimum absolute atomic E-state index is 0.102. The first-order valence-electron chi connectivity index (χ1n) is 7.52. The first-order valence-corrected chi connectivity index (χ1v) is 7.52. The minimum atomic E-state index is -0.595. The second kappa shape index (κ2) is 8.01. The smallest absolute Gasteiger partial charge is 0.340 e. The molecule has 1 amide bonds. The van der Waals surface area contributed by atoms with E-state index >= 15 is 0 Å². The average molecular weight is 326 g/mol. The molecule has 0 aliphatic heterocycles. The maximum absolute atomic E-state index is 12.0. The zero-order valence-electron chi connectivity index (χ0n) is 13.5. The molecule has 0 spiro atoms. The molecule has 0 atom stereocenters. The topological polar surface area (TPSA) is 85.4 Å². The molecule has 124 valence electrons. The molecule has 6 heteroatoms. The number of ether oxygens (including phenoxy) is 1. The quantitative estimate of drug-likeness (QED) is 0.651. The van der Waals surface area contributed by atoms with Crippen LogP contribution in [-0.4, -0.2) is 29.3 Å². The highest BCUT2D eigenvalue weighted by molar-refractivity contribution is 6.00. The fourth-order valence-electron chi connectivity index (χ4n) is 1.88. The maximum atomic E-state index is 12.0. The number of carbonyl (C=O) groups excluding carboxylic acids is 3. The van der Waals surface area contributed by atoms with E-state index in [9.17, 15) is 14.4 Å². The molecule has 0 aliphatic carbocycles. The van der Waals surface area contributed by atoms with Crippen molar-refractivity contribution in [1.82, 2.24) is 4.98 Å². The van der Waals surface area contributed by atoms with Gasteiger partial charge < -0.3 is 10.1 Å². The molecule has 1 aromatic carbocycles. The monoisotopic (exact) mass is 326 g/mol. The van der Waals surface area contributed by atoms with E-state index in [1.54, 1.807) is 43.3 Å². The molecule has 0 saturated heterocycles. The first-order chi connectivity index (χ1) is 11.5. The summed E-state index contributed by atoms with van der Waals surface area (Å²) < 4.78 is 5.00. The number of ketones is 1. The summed E-state index contributed by atoms with van der Waals surface area (Å²) in [6.07, 6.45) is 1.79. The lowest BCUT2D eigenvalue weighted by Crippen LogP contribution is -2.15. The van der Waals surface area contributed by atoms with E-state index in [-0.39, 0.29) is 18.3 Å². The van der Waals surface area contributed by atoms with Crippen LogP contribution in [0.1, 0.15) is 39.8 Å². The Morgan fingerprint density at radius 2 is 1.71 bits per heavy atom. The second-order valence-corrected chi connectivity index (χ2v) is 5.17.